The van der Waals surface area contributed by atoms with Crippen LogP contribution < -0.4 is 0 Å². The van der Waals surface area contributed by atoms with Crippen LogP contribution in [0.4, 0.5) is 4.79 Å². The van der Waals surface area contributed by atoms with Gasteiger partial charge in [-0.2, -0.15) is 0 Å². The SMILES string of the molecule is Cl.O=C(O)O.[Ca+2].[H-].[H-].[H-].[H-].[Sr+2]. The van der Waals surface area contributed by atoms with Crippen molar-refractivity contribution in [2.45, 2.75) is 0 Å². The van der Waals surface area contributed by atoms with Crippen LogP contribution in [0.3, 0.4) is 0 Å². The fourth-order valence-corrected chi connectivity index (χ4v) is 0. The van der Waals surface area contributed by atoms with Gasteiger partial charge in [-0.15, -0.1) is 12.4 Å². The van der Waals surface area contributed by atoms with Gasteiger partial charge in [0, 0.05) is 0 Å². The summed E-state index contributed by atoms with van der Waals surface area (Å²) >= 11 is 0. The van der Waals surface area contributed by atoms with E-state index in [1.54, 1.807) is 0 Å². The Morgan fingerprint density at radius 2 is 1.43 bits per heavy atom. The van der Waals surface area contributed by atoms with E-state index in [0.29, 0.717) is 0 Å². The third-order valence-corrected chi connectivity index (χ3v) is 0. The third-order valence-electron chi connectivity index (χ3n) is 0. The van der Waals surface area contributed by atoms with E-state index in [1.807, 2.05) is 0 Å². The van der Waals surface area contributed by atoms with Crippen molar-refractivity contribution in [1.29, 1.82) is 0 Å². The van der Waals surface area contributed by atoms with Crippen molar-refractivity contribution in [1.82, 2.24) is 0 Å². The van der Waals surface area contributed by atoms with E-state index in [0.717, 1.165) is 0 Å². The van der Waals surface area contributed by atoms with Gasteiger partial charge in [0.25, 0.3) is 0 Å². The molecule has 0 rings (SSSR count). The first-order valence-electron chi connectivity index (χ1n) is 0.651. The minimum atomic E-state index is -1.83. The molecule has 0 aromatic rings. The Hall–Kier alpha value is 2.30. The molecule has 0 aromatic carbocycles. The molecular formula is CH7CaClO3Sr. The number of hydrogen-bond donors (Lipinski definition) is 2. The largest absolute Gasteiger partial charge is 2.00 e. The van der Waals surface area contributed by atoms with Crippen LogP contribution >= 0.6 is 12.4 Å². The zero-order valence-corrected chi connectivity index (χ0v) is 10.1. The molecule has 0 amide bonds. The summed E-state index contributed by atoms with van der Waals surface area (Å²) in [5, 5.41) is 13.9. The maximum absolute atomic E-state index is 8.56. The molecule has 0 atom stereocenters. The Morgan fingerprint density at radius 1 is 1.43 bits per heavy atom. The monoisotopic (exact) mass is 230 g/mol. The molecule has 0 bridgehead atoms. The second kappa shape index (κ2) is 15.7. The van der Waals surface area contributed by atoms with Crippen molar-refractivity contribution in [3.8, 4) is 0 Å². The number of halogens is 1. The minimum Gasteiger partial charge on any atom is -1.00 e. The van der Waals surface area contributed by atoms with Crippen molar-refractivity contribution in [2.75, 3.05) is 0 Å². The number of carboxylic acid groups (broad SMARTS) is 2. The summed E-state index contributed by atoms with van der Waals surface area (Å²) in [4.78, 5) is 8.56. The maximum Gasteiger partial charge on any atom is 2.00 e. The van der Waals surface area contributed by atoms with Crippen LogP contribution in [0.15, 0.2) is 0 Å². The van der Waals surface area contributed by atoms with Crippen LogP contribution in [-0.2, 0) is 0 Å². The van der Waals surface area contributed by atoms with E-state index in [-0.39, 0.29) is 101 Å². The van der Waals surface area contributed by atoms with Crippen LogP contribution in [0.25, 0.3) is 0 Å². The molecule has 7 heavy (non-hydrogen) atoms. The Balaban J connectivity index is -0.00000000214. The standard InChI is InChI=1S/CH2O3.Ca.ClH.Sr.4H/c2-1(3)4;;;;;;;/h(H2,2,3,4);;1H;;;;;/q;+2;;+2;4*-1. The van der Waals surface area contributed by atoms with Gasteiger partial charge in [-0.25, -0.2) is 4.79 Å². The molecule has 2 N–H and O–H groups in total. The predicted molar refractivity (Wildman–Crippen MR) is 33.9 cm³/mol. The summed E-state index contributed by atoms with van der Waals surface area (Å²) in [5.41, 5.74) is 0. The van der Waals surface area contributed by atoms with E-state index in [9.17, 15) is 0 Å². The quantitative estimate of drug-likeness (QED) is 0.590. The first-order valence-corrected chi connectivity index (χ1v) is 0.651. The van der Waals surface area contributed by atoms with Gasteiger partial charge in [-0.3, -0.25) is 0 Å². The fourth-order valence-electron chi connectivity index (χ4n) is 0. The molecule has 0 saturated heterocycles. The normalized spacial score (nSPS) is 3.43. The Morgan fingerprint density at radius 3 is 1.43 bits per heavy atom. The van der Waals surface area contributed by atoms with Crippen molar-refractivity contribution >= 4 is 102 Å². The fraction of sp³-hybridized carbons (Fsp3) is 0. The topological polar surface area (TPSA) is 57.5 Å². The molecule has 0 unspecified atom stereocenters. The van der Waals surface area contributed by atoms with Gasteiger partial charge >= 0.3 is 89.4 Å². The Kier molecular flexibility index (Phi) is 51.3. The van der Waals surface area contributed by atoms with E-state index in [4.69, 9.17) is 15.0 Å². The van der Waals surface area contributed by atoms with Gasteiger partial charge in [0.05, 0.1) is 0 Å². The molecule has 0 spiro atoms. The second-order valence-electron chi connectivity index (χ2n) is 0.283. The van der Waals surface area contributed by atoms with Crippen molar-refractivity contribution in [2.24, 2.45) is 0 Å². The summed E-state index contributed by atoms with van der Waals surface area (Å²) in [6.07, 6.45) is -1.83. The summed E-state index contributed by atoms with van der Waals surface area (Å²) in [7, 11) is 0. The minimum absolute atomic E-state index is 0. The van der Waals surface area contributed by atoms with Crippen LogP contribution in [0.2, 0.25) is 0 Å². The molecule has 0 aliphatic carbocycles. The van der Waals surface area contributed by atoms with E-state index in [2.05, 4.69) is 0 Å². The van der Waals surface area contributed by atoms with Gasteiger partial charge < -0.3 is 15.9 Å². The van der Waals surface area contributed by atoms with E-state index >= 15 is 0 Å². The van der Waals surface area contributed by atoms with Crippen molar-refractivity contribution in [3.05, 3.63) is 0 Å². The summed E-state index contributed by atoms with van der Waals surface area (Å²) in [5.74, 6) is 0. The second-order valence-corrected chi connectivity index (χ2v) is 0.283. The molecule has 0 aliphatic heterocycles. The maximum atomic E-state index is 8.56. The average molecular weight is 230 g/mol. The zero-order valence-electron chi connectivity index (χ0n) is 7.63. The van der Waals surface area contributed by atoms with E-state index < -0.39 is 6.16 Å². The molecule has 0 aliphatic rings. The summed E-state index contributed by atoms with van der Waals surface area (Å²) < 4.78 is 0. The van der Waals surface area contributed by atoms with Gasteiger partial charge in [0.2, 0.25) is 0 Å². The zero-order chi connectivity index (χ0) is 3.58. The number of hydrogen-bond acceptors (Lipinski definition) is 1. The van der Waals surface area contributed by atoms with Crippen LogP contribution in [-0.4, -0.2) is 99.6 Å². The predicted octanol–water partition coefficient (Wildman–Crippen LogP) is 0.333. The van der Waals surface area contributed by atoms with Crippen LogP contribution in [0.5, 0.6) is 0 Å². The molecule has 0 fully saturated rings. The Labute approximate surface area is 120 Å². The van der Waals surface area contributed by atoms with Crippen LogP contribution in [0, 0.1) is 0 Å². The number of rotatable bonds is 0. The van der Waals surface area contributed by atoms with Gasteiger partial charge in [-0.1, -0.05) is 0 Å². The molecule has 0 heterocycles. The van der Waals surface area contributed by atoms with Gasteiger partial charge in [0.1, 0.15) is 0 Å². The average Bonchev–Trinajstić information content (AvgIpc) is 0.811. The smallest absolute Gasteiger partial charge is 1.00 e. The molecular weight excluding hydrogens is 223 g/mol. The summed E-state index contributed by atoms with van der Waals surface area (Å²) in [6.45, 7) is 0. The number of carbonyl (C=O) groups is 1. The van der Waals surface area contributed by atoms with Gasteiger partial charge in [-0.05, 0) is 0 Å². The van der Waals surface area contributed by atoms with Crippen LogP contribution in [0.1, 0.15) is 5.71 Å². The van der Waals surface area contributed by atoms with Crippen molar-refractivity contribution < 1.29 is 20.7 Å². The molecule has 0 saturated carbocycles. The molecule has 3 nitrogen and oxygen atoms in total. The first-order chi connectivity index (χ1) is 1.73. The third kappa shape index (κ3) is 62.3. The van der Waals surface area contributed by atoms with Crippen molar-refractivity contribution in [3.63, 3.8) is 0 Å². The summed E-state index contributed by atoms with van der Waals surface area (Å²) in [6, 6.07) is 0. The molecule has 0 radical (unpaired) electrons. The Bertz CT molecular complexity index is 48.3. The molecule has 0 aromatic heterocycles. The molecule has 40 valence electrons. The van der Waals surface area contributed by atoms with E-state index in [1.165, 1.54) is 0 Å². The first kappa shape index (κ1) is 22.8. The molecule has 6 heteroatoms. The van der Waals surface area contributed by atoms with Gasteiger partial charge in [0.15, 0.2) is 0 Å².